The molecule has 1 atom stereocenters. The van der Waals surface area contributed by atoms with Crippen molar-refractivity contribution in [3.63, 3.8) is 0 Å². The third kappa shape index (κ3) is 5.70. The summed E-state index contributed by atoms with van der Waals surface area (Å²) < 4.78 is 0. The van der Waals surface area contributed by atoms with Crippen LogP contribution in [0, 0.1) is 11.3 Å². The fraction of sp³-hybridized carbons (Fsp3) is 0.688. The molecule has 0 amide bonds. The molecule has 0 radical (unpaired) electrons. The molecule has 0 N–H and O–H groups in total. The first-order valence-electron chi connectivity index (χ1n) is 14.8. The van der Waals surface area contributed by atoms with E-state index >= 15 is 0 Å². The van der Waals surface area contributed by atoms with E-state index in [1.165, 1.54) is 93.6 Å². The molecule has 1 aromatic rings. The summed E-state index contributed by atoms with van der Waals surface area (Å²) in [5.41, 5.74) is 5.32. The monoisotopic (exact) mass is 490 g/mol. The van der Waals surface area contributed by atoms with E-state index in [0.29, 0.717) is 5.41 Å². The van der Waals surface area contributed by atoms with E-state index in [4.69, 9.17) is 0 Å². The molecule has 198 valence electrons. The highest BCUT2D eigenvalue weighted by Crippen LogP contribution is 2.36. The molecule has 4 aliphatic rings. The highest BCUT2D eigenvalue weighted by atomic mass is 15.2. The second kappa shape index (κ2) is 10.9. The van der Waals surface area contributed by atoms with Gasteiger partial charge >= 0.3 is 0 Å². The first-order valence-corrected chi connectivity index (χ1v) is 14.8. The lowest BCUT2D eigenvalue weighted by atomic mass is 9.80. The normalized spacial score (nSPS) is 25.6. The fourth-order valence-corrected chi connectivity index (χ4v) is 7.18. The van der Waals surface area contributed by atoms with Gasteiger partial charge in [0.05, 0.1) is 0 Å². The molecule has 0 saturated carbocycles. The highest BCUT2D eigenvalue weighted by molar-refractivity contribution is 5.69. The summed E-state index contributed by atoms with van der Waals surface area (Å²) in [6.07, 6.45) is 9.20. The predicted molar refractivity (Wildman–Crippen MR) is 154 cm³/mol. The lowest BCUT2D eigenvalue weighted by Gasteiger charge is -2.39. The molecule has 4 fully saturated rings. The molecular weight excluding hydrogens is 440 g/mol. The summed E-state index contributed by atoms with van der Waals surface area (Å²) in [6, 6.07) is 10.5. The van der Waals surface area contributed by atoms with Crippen LogP contribution in [0.4, 0.5) is 0 Å². The standard InChI is InChI=1S/C32H50N4/c1-25(33-19-12-30(13-20-33)35-16-6-7-17-35)27-9-8-10-28(23-27)26(2)34-21-14-31(15-22-34)36-18-11-29(24-36)32(3,4)5/h8-10,23,29-31H,1-2,6-7,11-22,24H2,3-5H3. The Balaban J connectivity index is 1.13. The highest BCUT2D eigenvalue weighted by Gasteiger charge is 2.36. The van der Waals surface area contributed by atoms with Crippen LogP contribution in [0.1, 0.15) is 76.8 Å². The van der Waals surface area contributed by atoms with Crippen LogP contribution in [0.3, 0.4) is 0 Å². The van der Waals surface area contributed by atoms with Crippen molar-refractivity contribution in [2.75, 3.05) is 52.4 Å². The van der Waals surface area contributed by atoms with Crippen molar-refractivity contribution >= 4 is 11.4 Å². The number of benzene rings is 1. The minimum Gasteiger partial charge on any atom is -0.371 e. The molecule has 36 heavy (non-hydrogen) atoms. The van der Waals surface area contributed by atoms with Gasteiger partial charge in [0.1, 0.15) is 0 Å². The molecule has 4 aliphatic heterocycles. The zero-order chi connectivity index (χ0) is 25.3. The quantitative estimate of drug-likeness (QED) is 0.483. The van der Waals surface area contributed by atoms with Gasteiger partial charge in [-0.3, -0.25) is 4.90 Å². The number of nitrogens with zero attached hydrogens (tertiary/aromatic N) is 4. The number of piperidine rings is 2. The summed E-state index contributed by atoms with van der Waals surface area (Å²) >= 11 is 0. The van der Waals surface area contributed by atoms with Crippen molar-refractivity contribution in [1.29, 1.82) is 0 Å². The molecular formula is C32H50N4. The maximum absolute atomic E-state index is 4.55. The topological polar surface area (TPSA) is 13.0 Å². The molecule has 0 aromatic heterocycles. The smallest absolute Gasteiger partial charge is 0.0367 e. The van der Waals surface area contributed by atoms with E-state index in [9.17, 15) is 0 Å². The Labute approximate surface area is 221 Å². The van der Waals surface area contributed by atoms with Crippen LogP contribution in [0.15, 0.2) is 37.4 Å². The molecule has 4 nitrogen and oxygen atoms in total. The maximum atomic E-state index is 4.55. The van der Waals surface area contributed by atoms with Gasteiger partial charge in [-0.1, -0.05) is 52.1 Å². The van der Waals surface area contributed by atoms with Gasteiger partial charge in [-0.2, -0.15) is 0 Å². The van der Waals surface area contributed by atoms with Crippen LogP contribution in [0.25, 0.3) is 11.4 Å². The number of rotatable bonds is 6. The molecule has 1 aromatic carbocycles. The summed E-state index contributed by atoms with van der Waals surface area (Å²) in [7, 11) is 0. The molecule has 5 rings (SSSR count). The molecule has 0 aliphatic carbocycles. The lowest BCUT2D eigenvalue weighted by Crippen LogP contribution is -2.43. The van der Waals surface area contributed by atoms with Gasteiger partial charge in [0.25, 0.3) is 0 Å². The summed E-state index contributed by atoms with van der Waals surface area (Å²) in [4.78, 5) is 10.5. The van der Waals surface area contributed by atoms with Crippen LogP contribution in [0.2, 0.25) is 0 Å². The van der Waals surface area contributed by atoms with Gasteiger partial charge < -0.3 is 14.7 Å². The Morgan fingerprint density at radius 1 is 0.694 bits per heavy atom. The van der Waals surface area contributed by atoms with E-state index in [1.54, 1.807) is 0 Å². The summed E-state index contributed by atoms with van der Waals surface area (Å²) in [5.74, 6) is 0.840. The van der Waals surface area contributed by atoms with Gasteiger partial charge in [0.15, 0.2) is 0 Å². The summed E-state index contributed by atoms with van der Waals surface area (Å²) in [6.45, 7) is 26.0. The Hall–Kier alpha value is -1.78. The maximum Gasteiger partial charge on any atom is 0.0367 e. The Morgan fingerprint density at radius 3 is 1.67 bits per heavy atom. The van der Waals surface area contributed by atoms with Gasteiger partial charge in [-0.25, -0.2) is 0 Å². The number of likely N-dealkylation sites (tertiary alicyclic amines) is 4. The molecule has 0 bridgehead atoms. The largest absolute Gasteiger partial charge is 0.371 e. The first-order chi connectivity index (χ1) is 17.3. The van der Waals surface area contributed by atoms with Crippen molar-refractivity contribution in [1.82, 2.24) is 19.6 Å². The molecule has 4 heterocycles. The second-order valence-corrected chi connectivity index (χ2v) is 13.0. The molecule has 0 spiro atoms. The number of hydrogen-bond acceptors (Lipinski definition) is 4. The minimum absolute atomic E-state index is 0.433. The van der Waals surface area contributed by atoms with E-state index < -0.39 is 0 Å². The van der Waals surface area contributed by atoms with Crippen LogP contribution in [-0.4, -0.2) is 84.0 Å². The first kappa shape index (κ1) is 25.9. The zero-order valence-electron chi connectivity index (χ0n) is 23.4. The van der Waals surface area contributed by atoms with Gasteiger partial charge in [0, 0.05) is 56.2 Å². The fourth-order valence-electron chi connectivity index (χ4n) is 7.18. The van der Waals surface area contributed by atoms with Crippen molar-refractivity contribution in [2.45, 2.75) is 77.8 Å². The molecule has 4 heteroatoms. The lowest BCUT2D eigenvalue weighted by molar-refractivity contribution is 0.141. The van der Waals surface area contributed by atoms with Crippen LogP contribution < -0.4 is 0 Å². The molecule has 1 unspecified atom stereocenters. The predicted octanol–water partition coefficient (Wildman–Crippen LogP) is 6.02. The van der Waals surface area contributed by atoms with E-state index in [2.05, 4.69) is 77.8 Å². The SMILES string of the molecule is C=C(c1cccc(C(=C)N2CCC(N3CCC(C(C)(C)C)C3)CC2)c1)N1CCC(N2CCCC2)CC1. The minimum atomic E-state index is 0.433. The Bertz CT molecular complexity index is 908. The average molecular weight is 491 g/mol. The Kier molecular flexibility index (Phi) is 7.84. The van der Waals surface area contributed by atoms with Crippen molar-refractivity contribution in [2.24, 2.45) is 11.3 Å². The zero-order valence-corrected chi connectivity index (χ0v) is 23.4. The third-order valence-electron chi connectivity index (χ3n) is 9.84. The van der Waals surface area contributed by atoms with Crippen molar-refractivity contribution in [3.05, 3.63) is 48.6 Å². The van der Waals surface area contributed by atoms with Gasteiger partial charge in [0.2, 0.25) is 0 Å². The average Bonchev–Trinajstić information content (AvgIpc) is 3.61. The van der Waals surface area contributed by atoms with E-state index in [1.807, 2.05) is 0 Å². The molecule has 4 saturated heterocycles. The Morgan fingerprint density at radius 2 is 1.19 bits per heavy atom. The summed E-state index contributed by atoms with van der Waals surface area (Å²) in [5, 5.41) is 0. The van der Waals surface area contributed by atoms with Crippen LogP contribution in [0.5, 0.6) is 0 Å². The van der Waals surface area contributed by atoms with Gasteiger partial charge in [-0.15, -0.1) is 0 Å². The van der Waals surface area contributed by atoms with E-state index in [-0.39, 0.29) is 0 Å². The van der Waals surface area contributed by atoms with Crippen molar-refractivity contribution < 1.29 is 0 Å². The third-order valence-corrected chi connectivity index (χ3v) is 9.84. The van der Waals surface area contributed by atoms with E-state index in [0.717, 1.165) is 44.2 Å². The van der Waals surface area contributed by atoms with Gasteiger partial charge in [-0.05, 0) is 93.1 Å². The second-order valence-electron chi connectivity index (χ2n) is 13.0. The van der Waals surface area contributed by atoms with Crippen LogP contribution in [-0.2, 0) is 0 Å². The van der Waals surface area contributed by atoms with Crippen molar-refractivity contribution in [3.8, 4) is 0 Å². The van der Waals surface area contributed by atoms with Crippen LogP contribution >= 0.6 is 0 Å². The number of hydrogen-bond donors (Lipinski definition) is 0.